The Morgan fingerprint density at radius 1 is 1.18 bits per heavy atom. The van der Waals surface area contributed by atoms with E-state index in [1.807, 2.05) is 26.0 Å². The Morgan fingerprint density at radius 2 is 1.94 bits per heavy atom. The first-order valence-electron chi connectivity index (χ1n) is 11.1. The Balaban J connectivity index is 1.98. The van der Waals surface area contributed by atoms with Crippen LogP contribution in [0.4, 0.5) is 0 Å². The van der Waals surface area contributed by atoms with E-state index in [1.165, 1.54) is 11.8 Å². The van der Waals surface area contributed by atoms with Gasteiger partial charge in [-0.1, -0.05) is 29.8 Å². The van der Waals surface area contributed by atoms with E-state index >= 15 is 0 Å². The lowest BCUT2D eigenvalue weighted by molar-refractivity contribution is -0.150. The number of methoxy groups -OCH3 is 1. The number of rotatable bonds is 9. The van der Waals surface area contributed by atoms with E-state index in [-0.39, 0.29) is 18.1 Å². The monoisotopic (exact) mass is 529 g/mol. The van der Waals surface area contributed by atoms with Crippen molar-refractivity contribution in [1.29, 1.82) is 0 Å². The second-order valence-electron chi connectivity index (χ2n) is 7.72. The molecule has 0 aliphatic heterocycles. The van der Waals surface area contributed by atoms with Gasteiger partial charge in [0.05, 0.1) is 30.8 Å². The Kier molecular flexibility index (Phi) is 8.44. The third-order valence-electron chi connectivity index (χ3n) is 5.32. The molecule has 0 saturated heterocycles. The number of carbonyl (C=O) groups excluding carboxylic acids is 1. The van der Waals surface area contributed by atoms with Crippen LogP contribution in [0.1, 0.15) is 51.4 Å². The van der Waals surface area contributed by atoms with Crippen molar-refractivity contribution < 1.29 is 19.0 Å². The largest absolute Gasteiger partial charge is 0.493 e. The molecule has 0 amide bonds. The van der Waals surface area contributed by atoms with Gasteiger partial charge in [0, 0.05) is 10.4 Å². The van der Waals surface area contributed by atoms with Gasteiger partial charge in [-0.2, -0.15) is 9.78 Å². The molecule has 0 fully saturated rings. The van der Waals surface area contributed by atoms with Crippen LogP contribution in [-0.2, 0) is 9.53 Å². The van der Waals surface area contributed by atoms with Crippen LogP contribution in [0.25, 0.3) is 10.9 Å². The number of carbonyl (C=O) groups is 1. The summed E-state index contributed by atoms with van der Waals surface area (Å²) in [6.45, 7) is 7.68. The summed E-state index contributed by atoms with van der Waals surface area (Å²) in [4.78, 5) is 29.9. The second kappa shape index (κ2) is 11.3. The predicted octanol–water partition coefficient (Wildman–Crippen LogP) is 4.89. The lowest BCUT2D eigenvalue weighted by Crippen LogP contribution is -2.26. The molecule has 0 saturated carbocycles. The maximum Gasteiger partial charge on any atom is 0.347 e. The average molecular weight is 530 g/mol. The Hall–Kier alpha value is -3.20. The highest BCUT2D eigenvalue weighted by molar-refractivity contribution is 9.10. The lowest BCUT2D eigenvalue weighted by atomic mass is 10.1. The fourth-order valence-corrected chi connectivity index (χ4v) is 3.62. The van der Waals surface area contributed by atoms with Gasteiger partial charge in [0.25, 0.3) is 5.56 Å². The average Bonchev–Trinajstić information content (AvgIpc) is 2.83. The number of aromatic nitrogens is 2. The molecule has 0 aliphatic rings. The van der Waals surface area contributed by atoms with Gasteiger partial charge in [0.15, 0.2) is 17.6 Å². The molecule has 34 heavy (non-hydrogen) atoms. The van der Waals surface area contributed by atoms with E-state index in [0.29, 0.717) is 33.8 Å². The SMILES string of the molecule is CCOC(=O)[C@H](C)Oc1ccc(C=Nn2c([C@@H](C)CC)nc3ccc(Br)cc3c2=O)cc1OC. The summed E-state index contributed by atoms with van der Waals surface area (Å²) in [5.41, 5.74) is 1.08. The number of benzene rings is 2. The summed E-state index contributed by atoms with van der Waals surface area (Å²) in [5, 5.41) is 4.95. The number of fused-ring (bicyclic) bond motifs is 1. The molecule has 0 spiro atoms. The number of nitrogens with zero attached hydrogens (tertiary/aromatic N) is 3. The van der Waals surface area contributed by atoms with E-state index in [2.05, 4.69) is 21.0 Å². The van der Waals surface area contributed by atoms with Gasteiger partial charge in [-0.15, -0.1) is 0 Å². The highest BCUT2D eigenvalue weighted by atomic mass is 79.9. The minimum absolute atomic E-state index is 0.0348. The quantitative estimate of drug-likeness (QED) is 0.289. The highest BCUT2D eigenvalue weighted by Gasteiger charge is 2.18. The van der Waals surface area contributed by atoms with Gasteiger partial charge in [0.2, 0.25) is 0 Å². The molecule has 0 aliphatic carbocycles. The summed E-state index contributed by atoms with van der Waals surface area (Å²) >= 11 is 3.42. The molecule has 0 unspecified atom stereocenters. The molecule has 3 rings (SSSR count). The van der Waals surface area contributed by atoms with Crippen LogP contribution in [0.3, 0.4) is 0 Å². The third kappa shape index (κ3) is 5.64. The van der Waals surface area contributed by atoms with Crippen molar-refractivity contribution in [2.24, 2.45) is 5.10 Å². The first-order chi connectivity index (χ1) is 16.3. The van der Waals surface area contributed by atoms with Crippen molar-refractivity contribution in [2.45, 2.75) is 46.1 Å². The molecule has 0 N–H and O–H groups in total. The van der Waals surface area contributed by atoms with E-state index in [9.17, 15) is 9.59 Å². The molecule has 0 bridgehead atoms. The number of ether oxygens (including phenoxy) is 3. The molecular weight excluding hydrogens is 502 g/mol. The third-order valence-corrected chi connectivity index (χ3v) is 5.81. The molecule has 2 atom stereocenters. The molecule has 2 aromatic carbocycles. The Bertz CT molecular complexity index is 1270. The van der Waals surface area contributed by atoms with Crippen molar-refractivity contribution >= 4 is 39.0 Å². The van der Waals surface area contributed by atoms with Gasteiger partial charge in [0.1, 0.15) is 5.82 Å². The van der Waals surface area contributed by atoms with Crippen LogP contribution in [0.2, 0.25) is 0 Å². The summed E-state index contributed by atoms with van der Waals surface area (Å²) in [5.74, 6) is 0.994. The minimum atomic E-state index is -0.784. The van der Waals surface area contributed by atoms with Gasteiger partial charge in [-0.3, -0.25) is 4.79 Å². The molecule has 0 radical (unpaired) electrons. The van der Waals surface area contributed by atoms with E-state index in [4.69, 9.17) is 19.2 Å². The number of halogens is 1. The summed E-state index contributed by atoms with van der Waals surface area (Å²) < 4.78 is 18.3. The van der Waals surface area contributed by atoms with E-state index in [1.54, 1.807) is 44.3 Å². The number of hydrogen-bond acceptors (Lipinski definition) is 7. The van der Waals surface area contributed by atoms with Crippen LogP contribution in [-0.4, -0.2) is 41.7 Å². The first-order valence-corrected chi connectivity index (χ1v) is 11.9. The zero-order chi connectivity index (χ0) is 24.8. The summed E-state index contributed by atoms with van der Waals surface area (Å²) in [6.07, 6.45) is 1.59. The van der Waals surface area contributed by atoms with Crippen molar-refractivity contribution in [3.8, 4) is 11.5 Å². The number of esters is 1. The molecule has 9 heteroatoms. The van der Waals surface area contributed by atoms with E-state index in [0.717, 1.165) is 10.9 Å². The van der Waals surface area contributed by atoms with Crippen molar-refractivity contribution in [3.05, 3.63) is 62.6 Å². The predicted molar refractivity (Wildman–Crippen MR) is 135 cm³/mol. The summed E-state index contributed by atoms with van der Waals surface area (Å²) in [6, 6.07) is 10.6. The Labute approximate surface area is 206 Å². The van der Waals surface area contributed by atoms with Crippen LogP contribution in [0.5, 0.6) is 11.5 Å². The zero-order valence-corrected chi connectivity index (χ0v) is 21.5. The smallest absolute Gasteiger partial charge is 0.347 e. The topological polar surface area (TPSA) is 92.0 Å². The molecule has 180 valence electrons. The van der Waals surface area contributed by atoms with Crippen molar-refractivity contribution in [3.63, 3.8) is 0 Å². The van der Waals surface area contributed by atoms with Crippen LogP contribution >= 0.6 is 15.9 Å². The first kappa shape index (κ1) is 25.4. The second-order valence-corrected chi connectivity index (χ2v) is 8.64. The minimum Gasteiger partial charge on any atom is -0.493 e. The molecule has 1 aromatic heterocycles. The van der Waals surface area contributed by atoms with Crippen LogP contribution in [0.15, 0.2) is 50.8 Å². The highest BCUT2D eigenvalue weighted by Crippen LogP contribution is 2.29. The van der Waals surface area contributed by atoms with Gasteiger partial charge in [-0.25, -0.2) is 9.78 Å². The van der Waals surface area contributed by atoms with Gasteiger partial charge < -0.3 is 14.2 Å². The van der Waals surface area contributed by atoms with Gasteiger partial charge >= 0.3 is 5.97 Å². The fraction of sp³-hybridized carbons (Fsp3) is 0.360. The lowest BCUT2D eigenvalue weighted by Gasteiger charge is -2.16. The number of hydrogen-bond donors (Lipinski definition) is 0. The standard InChI is InChI=1S/C25H28BrN3O5/c1-6-15(3)23-28-20-10-9-18(26)13-19(20)24(30)29(23)27-14-17-8-11-21(22(12-17)32-5)34-16(4)25(31)33-7-2/h8-16H,6-7H2,1-5H3/t15-,16-/m0/s1. The van der Waals surface area contributed by atoms with Crippen LogP contribution in [0, 0.1) is 0 Å². The van der Waals surface area contributed by atoms with Crippen molar-refractivity contribution in [1.82, 2.24) is 9.66 Å². The zero-order valence-electron chi connectivity index (χ0n) is 19.9. The Morgan fingerprint density at radius 3 is 2.62 bits per heavy atom. The molecule has 8 nitrogen and oxygen atoms in total. The normalized spacial score (nSPS) is 13.1. The molecule has 3 aromatic rings. The maximum absolute atomic E-state index is 13.3. The van der Waals surface area contributed by atoms with E-state index < -0.39 is 12.1 Å². The maximum atomic E-state index is 13.3. The molecule has 1 heterocycles. The van der Waals surface area contributed by atoms with Crippen LogP contribution < -0.4 is 15.0 Å². The van der Waals surface area contributed by atoms with Gasteiger partial charge in [-0.05, 0) is 62.2 Å². The molecular formula is C25H28BrN3O5. The summed E-state index contributed by atoms with van der Waals surface area (Å²) in [7, 11) is 1.51. The van der Waals surface area contributed by atoms with Crippen molar-refractivity contribution in [2.75, 3.05) is 13.7 Å². The fourth-order valence-electron chi connectivity index (χ4n) is 3.26.